The molecule has 1 aromatic carbocycles. The fraction of sp³-hybridized carbons (Fsp3) is 0.409. The molecule has 7 nitrogen and oxygen atoms in total. The van der Waals surface area contributed by atoms with Crippen LogP contribution in [-0.4, -0.2) is 21.3 Å². The van der Waals surface area contributed by atoms with E-state index in [1.165, 1.54) is 21.3 Å². The highest BCUT2D eigenvalue weighted by atomic mass is 16.5. The van der Waals surface area contributed by atoms with Gasteiger partial charge in [0.1, 0.15) is 6.07 Å². The van der Waals surface area contributed by atoms with Crippen LogP contribution in [0.15, 0.2) is 35.1 Å². The summed E-state index contributed by atoms with van der Waals surface area (Å²) in [5.74, 6) is 0.528. The predicted molar refractivity (Wildman–Crippen MR) is 105 cm³/mol. The highest BCUT2D eigenvalue weighted by molar-refractivity contribution is 5.62. The topological polar surface area (TPSA) is 125 Å². The van der Waals surface area contributed by atoms with E-state index in [4.69, 9.17) is 19.9 Å². The summed E-state index contributed by atoms with van der Waals surface area (Å²) >= 11 is 0. The van der Waals surface area contributed by atoms with Gasteiger partial charge in [0.05, 0.1) is 44.7 Å². The van der Waals surface area contributed by atoms with E-state index in [0.29, 0.717) is 22.8 Å². The van der Waals surface area contributed by atoms with Crippen molar-refractivity contribution in [1.82, 2.24) is 0 Å². The van der Waals surface area contributed by atoms with Gasteiger partial charge in [-0.15, -0.1) is 0 Å². The Bertz CT molecular complexity index is 981. The van der Waals surface area contributed by atoms with Gasteiger partial charge in [0.2, 0.25) is 5.75 Å². The smallest absolute Gasteiger partial charge is 0.203 e. The summed E-state index contributed by atoms with van der Waals surface area (Å²) in [5, 5.41) is 29.9. The van der Waals surface area contributed by atoms with Gasteiger partial charge in [0.15, 0.2) is 16.9 Å². The molecule has 0 bridgehead atoms. The third kappa shape index (κ3) is 2.85. The van der Waals surface area contributed by atoms with Crippen LogP contribution in [0.3, 0.4) is 0 Å². The Hall–Kier alpha value is -3.63. The SMILES string of the molecule is COc1cc([C@H]2[C@@H]3CCCC=C3C(C#N)=C(N)C2(C#N)C#N)cc(OC)c1OC. The normalized spacial score (nSPS) is 22.3. The lowest BCUT2D eigenvalue weighted by molar-refractivity contribution is 0.305. The maximum atomic E-state index is 10.1. The lowest BCUT2D eigenvalue weighted by atomic mass is 9.56. The molecule has 0 saturated heterocycles. The van der Waals surface area contributed by atoms with E-state index in [9.17, 15) is 15.8 Å². The van der Waals surface area contributed by atoms with Crippen molar-refractivity contribution in [1.29, 1.82) is 15.8 Å². The summed E-state index contributed by atoms with van der Waals surface area (Å²) in [4.78, 5) is 0. The summed E-state index contributed by atoms with van der Waals surface area (Å²) < 4.78 is 16.3. The number of rotatable bonds is 4. The van der Waals surface area contributed by atoms with Crippen LogP contribution in [0.1, 0.15) is 30.7 Å². The van der Waals surface area contributed by atoms with E-state index in [1.54, 1.807) is 12.1 Å². The molecule has 0 aromatic heterocycles. The number of benzene rings is 1. The van der Waals surface area contributed by atoms with Crippen molar-refractivity contribution in [3.8, 4) is 35.5 Å². The van der Waals surface area contributed by atoms with Crippen molar-refractivity contribution < 1.29 is 14.2 Å². The second-order valence-electron chi connectivity index (χ2n) is 7.07. The first kappa shape index (κ1) is 20.1. The molecule has 0 aliphatic heterocycles. The van der Waals surface area contributed by atoms with E-state index < -0.39 is 11.3 Å². The summed E-state index contributed by atoms with van der Waals surface area (Å²) in [6.45, 7) is 0. The van der Waals surface area contributed by atoms with Gasteiger partial charge in [-0.05, 0) is 48.4 Å². The third-order valence-electron chi connectivity index (χ3n) is 5.85. The number of methoxy groups -OCH3 is 3. The van der Waals surface area contributed by atoms with Crippen LogP contribution in [0.2, 0.25) is 0 Å². The second kappa shape index (κ2) is 7.78. The molecule has 148 valence electrons. The molecule has 0 saturated carbocycles. The second-order valence-corrected chi connectivity index (χ2v) is 7.07. The molecule has 2 N–H and O–H groups in total. The van der Waals surface area contributed by atoms with Gasteiger partial charge in [0, 0.05) is 5.92 Å². The highest BCUT2D eigenvalue weighted by Gasteiger charge is 2.54. The van der Waals surface area contributed by atoms with Crippen molar-refractivity contribution in [3.63, 3.8) is 0 Å². The molecule has 2 atom stereocenters. The molecule has 0 radical (unpaired) electrons. The lowest BCUT2D eigenvalue weighted by Crippen LogP contribution is -2.42. The van der Waals surface area contributed by atoms with E-state index in [0.717, 1.165) is 24.8 Å². The number of nitrogens with two attached hydrogens (primary N) is 1. The minimum absolute atomic E-state index is 0.00755. The fourth-order valence-electron chi connectivity index (χ4n) is 4.53. The molecular formula is C22H22N4O3. The average molecular weight is 390 g/mol. The summed E-state index contributed by atoms with van der Waals surface area (Å²) in [6.07, 6.45) is 4.49. The van der Waals surface area contributed by atoms with Crippen LogP contribution in [-0.2, 0) is 0 Å². The van der Waals surface area contributed by atoms with Crippen molar-refractivity contribution in [2.75, 3.05) is 21.3 Å². The molecule has 3 rings (SSSR count). The van der Waals surface area contributed by atoms with E-state index in [2.05, 4.69) is 18.2 Å². The standard InChI is InChI=1S/C22H22N4O3/c1-27-17-8-13(9-18(28-2)20(17)29-3)19-15-7-5-4-6-14(15)16(10-23)21(26)22(19,11-24)12-25/h6,8-9,15,19H,4-5,7,26H2,1-3H3/t15-,19+/m1/s1. The van der Waals surface area contributed by atoms with Gasteiger partial charge < -0.3 is 19.9 Å². The van der Waals surface area contributed by atoms with E-state index in [-0.39, 0.29) is 17.2 Å². The first-order valence-corrected chi connectivity index (χ1v) is 9.26. The van der Waals surface area contributed by atoms with Crippen molar-refractivity contribution >= 4 is 0 Å². The molecule has 0 spiro atoms. The Morgan fingerprint density at radius 2 is 1.66 bits per heavy atom. The molecule has 29 heavy (non-hydrogen) atoms. The Kier molecular flexibility index (Phi) is 5.39. The van der Waals surface area contributed by atoms with Gasteiger partial charge in [-0.25, -0.2) is 0 Å². The van der Waals surface area contributed by atoms with Crippen LogP contribution >= 0.6 is 0 Å². The molecule has 0 unspecified atom stereocenters. The Labute approximate surface area is 170 Å². The average Bonchev–Trinajstić information content (AvgIpc) is 2.77. The van der Waals surface area contributed by atoms with E-state index >= 15 is 0 Å². The zero-order valence-electron chi connectivity index (χ0n) is 16.7. The summed E-state index contributed by atoms with van der Waals surface area (Å²) in [6, 6.07) is 9.90. The Morgan fingerprint density at radius 3 is 2.14 bits per heavy atom. The van der Waals surface area contributed by atoms with Gasteiger partial charge in [-0.1, -0.05) is 6.08 Å². The van der Waals surface area contributed by atoms with Gasteiger partial charge in [-0.2, -0.15) is 15.8 Å². The van der Waals surface area contributed by atoms with Crippen molar-refractivity contribution in [3.05, 3.63) is 40.6 Å². The van der Waals surface area contributed by atoms with Gasteiger partial charge in [-0.3, -0.25) is 0 Å². The third-order valence-corrected chi connectivity index (χ3v) is 5.85. The molecular weight excluding hydrogens is 368 g/mol. The van der Waals surface area contributed by atoms with Crippen LogP contribution in [0.25, 0.3) is 0 Å². The lowest BCUT2D eigenvalue weighted by Gasteiger charge is -2.43. The Morgan fingerprint density at radius 1 is 1.03 bits per heavy atom. The van der Waals surface area contributed by atoms with Crippen LogP contribution < -0.4 is 19.9 Å². The number of hydrogen-bond acceptors (Lipinski definition) is 7. The number of nitriles is 3. The van der Waals surface area contributed by atoms with Crippen LogP contribution in [0.5, 0.6) is 17.2 Å². The first-order chi connectivity index (χ1) is 14.0. The highest BCUT2D eigenvalue weighted by Crippen LogP contribution is 2.57. The molecule has 2 aliphatic rings. The monoisotopic (exact) mass is 390 g/mol. The van der Waals surface area contributed by atoms with Gasteiger partial charge in [0.25, 0.3) is 0 Å². The molecule has 0 fully saturated rings. The quantitative estimate of drug-likeness (QED) is 0.836. The minimum atomic E-state index is -1.67. The molecule has 2 aliphatic carbocycles. The fourth-order valence-corrected chi connectivity index (χ4v) is 4.53. The number of fused-ring (bicyclic) bond motifs is 1. The van der Waals surface area contributed by atoms with Crippen LogP contribution in [0.4, 0.5) is 0 Å². The minimum Gasteiger partial charge on any atom is -0.493 e. The zero-order chi connectivity index (χ0) is 21.2. The molecule has 1 aromatic rings. The first-order valence-electron chi connectivity index (χ1n) is 9.26. The number of allylic oxidation sites excluding steroid dienone is 4. The van der Waals surface area contributed by atoms with Gasteiger partial charge >= 0.3 is 0 Å². The summed E-state index contributed by atoms with van der Waals surface area (Å²) in [7, 11) is 4.53. The Balaban J connectivity index is 2.36. The molecule has 7 heteroatoms. The van der Waals surface area contributed by atoms with Crippen molar-refractivity contribution in [2.45, 2.75) is 25.2 Å². The zero-order valence-corrected chi connectivity index (χ0v) is 16.7. The maximum Gasteiger partial charge on any atom is 0.203 e. The maximum absolute atomic E-state index is 10.1. The summed E-state index contributed by atoms with van der Waals surface area (Å²) in [5.41, 5.74) is 6.39. The number of hydrogen-bond donors (Lipinski definition) is 1. The number of nitrogens with zero attached hydrogens (tertiary/aromatic N) is 3. The largest absolute Gasteiger partial charge is 0.493 e. The molecule has 0 heterocycles. The van der Waals surface area contributed by atoms with Crippen LogP contribution in [0, 0.1) is 45.3 Å². The number of ether oxygens (including phenoxy) is 3. The van der Waals surface area contributed by atoms with E-state index in [1.807, 2.05) is 6.08 Å². The van der Waals surface area contributed by atoms with Crippen molar-refractivity contribution in [2.24, 2.45) is 17.1 Å². The predicted octanol–water partition coefficient (Wildman–Crippen LogP) is 3.31. The molecule has 0 amide bonds.